The summed E-state index contributed by atoms with van der Waals surface area (Å²) in [5.74, 6) is 1.02. The number of aliphatic imine (C=N–C) groups is 1. The summed E-state index contributed by atoms with van der Waals surface area (Å²) in [6.45, 7) is 0. The molecule has 4 heteroatoms. The van der Waals surface area contributed by atoms with Crippen molar-refractivity contribution < 1.29 is 0 Å². The zero-order valence-corrected chi connectivity index (χ0v) is 13.6. The fourth-order valence-corrected chi connectivity index (χ4v) is 2.41. The predicted molar refractivity (Wildman–Crippen MR) is 99.6 cm³/mol. The van der Waals surface area contributed by atoms with Crippen LogP contribution in [0.25, 0.3) is 0 Å². The molecule has 0 amide bonds. The van der Waals surface area contributed by atoms with Gasteiger partial charge in [-0.2, -0.15) is 4.99 Å². The summed E-state index contributed by atoms with van der Waals surface area (Å²) in [4.78, 5) is 10.9. The van der Waals surface area contributed by atoms with Gasteiger partial charge in [-0.15, -0.1) is 0 Å². The number of anilines is 1. The maximum atomic E-state index is 6.12. The van der Waals surface area contributed by atoms with E-state index in [1.54, 1.807) is 0 Å². The Hall–Kier alpha value is -3.14. The molecule has 3 aromatic rings. The number of nitrogens with zero attached hydrogens (tertiary/aromatic N) is 3. The first-order valence-corrected chi connectivity index (χ1v) is 7.85. The Morgan fingerprint density at radius 1 is 0.917 bits per heavy atom. The molecule has 4 nitrogen and oxygen atoms in total. The standard InChI is InChI=1S/C20H20N4/c1-24(18-12-6-3-7-13-18)20(21)23-19-14-8-11-17(22-19)15-16-9-4-2-5-10-16/h2-14H,15H2,1H3,(H2,21,22,23). The highest BCUT2D eigenvalue weighted by Crippen LogP contribution is 2.15. The van der Waals surface area contributed by atoms with E-state index < -0.39 is 0 Å². The number of guanidine groups is 1. The Morgan fingerprint density at radius 3 is 2.29 bits per heavy atom. The highest BCUT2D eigenvalue weighted by atomic mass is 15.2. The van der Waals surface area contributed by atoms with Gasteiger partial charge < -0.3 is 10.6 Å². The molecule has 120 valence electrons. The van der Waals surface area contributed by atoms with Crippen LogP contribution >= 0.6 is 0 Å². The van der Waals surface area contributed by atoms with Crippen LogP contribution in [0, 0.1) is 0 Å². The second-order valence-corrected chi connectivity index (χ2v) is 5.51. The highest BCUT2D eigenvalue weighted by molar-refractivity contribution is 5.95. The molecule has 0 atom stereocenters. The zero-order valence-electron chi connectivity index (χ0n) is 13.6. The largest absolute Gasteiger partial charge is 0.369 e. The Balaban J connectivity index is 1.78. The maximum Gasteiger partial charge on any atom is 0.202 e. The fourth-order valence-electron chi connectivity index (χ4n) is 2.41. The molecule has 0 radical (unpaired) electrons. The molecule has 1 heterocycles. The molecule has 3 rings (SSSR count). The number of aromatic nitrogens is 1. The van der Waals surface area contributed by atoms with Gasteiger partial charge in [-0.05, 0) is 29.8 Å². The highest BCUT2D eigenvalue weighted by Gasteiger charge is 2.05. The van der Waals surface area contributed by atoms with Crippen molar-refractivity contribution in [1.29, 1.82) is 0 Å². The van der Waals surface area contributed by atoms with Crippen LogP contribution in [0.15, 0.2) is 83.9 Å². The van der Waals surface area contributed by atoms with Crippen LogP contribution in [0.4, 0.5) is 11.5 Å². The summed E-state index contributed by atoms with van der Waals surface area (Å²) in [7, 11) is 1.89. The molecular weight excluding hydrogens is 296 g/mol. The van der Waals surface area contributed by atoms with E-state index in [2.05, 4.69) is 22.1 Å². The lowest BCUT2D eigenvalue weighted by Crippen LogP contribution is -2.33. The van der Waals surface area contributed by atoms with Crippen LogP contribution in [0.5, 0.6) is 0 Å². The van der Waals surface area contributed by atoms with E-state index in [1.807, 2.05) is 78.7 Å². The number of para-hydroxylation sites is 1. The molecule has 2 aromatic carbocycles. The third-order valence-electron chi connectivity index (χ3n) is 3.74. The molecule has 0 fully saturated rings. The van der Waals surface area contributed by atoms with Gasteiger partial charge >= 0.3 is 0 Å². The number of nitrogens with two attached hydrogens (primary N) is 1. The molecule has 0 saturated heterocycles. The van der Waals surface area contributed by atoms with Gasteiger partial charge in [-0.25, -0.2) is 4.98 Å². The van der Waals surface area contributed by atoms with Crippen LogP contribution in [-0.4, -0.2) is 18.0 Å². The van der Waals surface area contributed by atoms with E-state index in [-0.39, 0.29) is 0 Å². The summed E-state index contributed by atoms with van der Waals surface area (Å²) in [5, 5.41) is 0. The first-order chi connectivity index (χ1) is 11.7. The number of hydrogen-bond donors (Lipinski definition) is 1. The fraction of sp³-hybridized carbons (Fsp3) is 0.100. The van der Waals surface area contributed by atoms with Crippen molar-refractivity contribution in [2.24, 2.45) is 10.7 Å². The second-order valence-electron chi connectivity index (χ2n) is 5.51. The molecule has 2 N–H and O–H groups in total. The number of rotatable bonds is 4. The molecule has 0 bridgehead atoms. The van der Waals surface area contributed by atoms with Crippen LogP contribution in [0.2, 0.25) is 0 Å². The van der Waals surface area contributed by atoms with Crippen LogP contribution < -0.4 is 10.6 Å². The van der Waals surface area contributed by atoms with Crippen molar-refractivity contribution in [2.75, 3.05) is 11.9 Å². The normalized spacial score (nSPS) is 11.3. The Morgan fingerprint density at radius 2 is 1.58 bits per heavy atom. The minimum Gasteiger partial charge on any atom is -0.369 e. The van der Waals surface area contributed by atoms with Gasteiger partial charge in [0.2, 0.25) is 5.96 Å². The Bertz CT molecular complexity index is 813. The average molecular weight is 316 g/mol. The lowest BCUT2D eigenvalue weighted by Gasteiger charge is -2.17. The van der Waals surface area contributed by atoms with Gasteiger partial charge in [0.15, 0.2) is 5.82 Å². The minimum atomic E-state index is 0.408. The molecule has 0 aliphatic carbocycles. The maximum absolute atomic E-state index is 6.12. The molecule has 0 spiro atoms. The molecule has 24 heavy (non-hydrogen) atoms. The van der Waals surface area contributed by atoms with Crippen LogP contribution in [0.1, 0.15) is 11.3 Å². The summed E-state index contributed by atoms with van der Waals surface area (Å²) in [5.41, 5.74) is 9.30. The topological polar surface area (TPSA) is 54.5 Å². The number of benzene rings is 2. The van der Waals surface area contributed by atoms with Crippen molar-refractivity contribution in [2.45, 2.75) is 6.42 Å². The lowest BCUT2D eigenvalue weighted by molar-refractivity contribution is 1.06. The van der Waals surface area contributed by atoms with Crippen LogP contribution in [-0.2, 0) is 6.42 Å². The van der Waals surface area contributed by atoms with E-state index in [9.17, 15) is 0 Å². The van der Waals surface area contributed by atoms with E-state index >= 15 is 0 Å². The van der Waals surface area contributed by atoms with E-state index in [4.69, 9.17) is 5.73 Å². The second kappa shape index (κ2) is 7.42. The number of hydrogen-bond acceptors (Lipinski definition) is 2. The third kappa shape index (κ3) is 3.98. The molecular formula is C20H20N4. The molecule has 0 aliphatic rings. The lowest BCUT2D eigenvalue weighted by atomic mass is 10.1. The first kappa shape index (κ1) is 15.7. The van der Waals surface area contributed by atoms with E-state index in [0.717, 1.165) is 17.8 Å². The Kier molecular flexibility index (Phi) is 4.87. The smallest absolute Gasteiger partial charge is 0.202 e. The minimum absolute atomic E-state index is 0.408. The van der Waals surface area contributed by atoms with E-state index in [0.29, 0.717) is 11.8 Å². The van der Waals surface area contributed by atoms with Gasteiger partial charge in [-0.3, -0.25) is 0 Å². The van der Waals surface area contributed by atoms with Crippen LogP contribution in [0.3, 0.4) is 0 Å². The van der Waals surface area contributed by atoms with Crippen molar-refractivity contribution in [3.8, 4) is 0 Å². The van der Waals surface area contributed by atoms with Gasteiger partial charge in [0.05, 0.1) is 0 Å². The van der Waals surface area contributed by atoms with Gasteiger partial charge in [0.25, 0.3) is 0 Å². The van der Waals surface area contributed by atoms with Gasteiger partial charge in [-0.1, -0.05) is 54.6 Å². The monoisotopic (exact) mass is 316 g/mol. The SMILES string of the molecule is CN(/C(N)=N\c1cccc(Cc2ccccc2)n1)c1ccccc1. The van der Waals surface area contributed by atoms with Crippen molar-refractivity contribution in [3.63, 3.8) is 0 Å². The Labute approximate surface area is 142 Å². The third-order valence-corrected chi connectivity index (χ3v) is 3.74. The van der Waals surface area contributed by atoms with E-state index in [1.165, 1.54) is 5.56 Å². The molecule has 0 unspecified atom stereocenters. The van der Waals surface area contributed by atoms with Crippen molar-refractivity contribution in [3.05, 3.63) is 90.1 Å². The summed E-state index contributed by atoms with van der Waals surface area (Å²) in [6, 6.07) is 26.0. The summed E-state index contributed by atoms with van der Waals surface area (Å²) >= 11 is 0. The summed E-state index contributed by atoms with van der Waals surface area (Å²) < 4.78 is 0. The predicted octanol–water partition coefficient (Wildman–Crippen LogP) is 3.76. The summed E-state index contributed by atoms with van der Waals surface area (Å²) in [6.07, 6.45) is 0.776. The van der Waals surface area contributed by atoms with Gasteiger partial charge in [0.1, 0.15) is 0 Å². The quantitative estimate of drug-likeness (QED) is 0.589. The molecule has 0 aliphatic heterocycles. The average Bonchev–Trinajstić information content (AvgIpc) is 2.63. The number of pyridine rings is 1. The molecule has 0 saturated carbocycles. The zero-order chi connectivity index (χ0) is 16.8. The van der Waals surface area contributed by atoms with Crippen molar-refractivity contribution in [1.82, 2.24) is 4.98 Å². The first-order valence-electron chi connectivity index (χ1n) is 7.85. The van der Waals surface area contributed by atoms with Gasteiger partial charge in [0, 0.05) is 24.8 Å². The molecule has 1 aromatic heterocycles. The van der Waals surface area contributed by atoms with Crippen molar-refractivity contribution >= 4 is 17.5 Å².